The highest BCUT2D eigenvalue weighted by molar-refractivity contribution is 7.09. The van der Waals surface area contributed by atoms with Crippen LogP contribution in [0.4, 0.5) is 0 Å². The van der Waals surface area contributed by atoms with Gasteiger partial charge in [0.15, 0.2) is 0 Å². The van der Waals surface area contributed by atoms with Crippen molar-refractivity contribution < 1.29 is 4.74 Å². The van der Waals surface area contributed by atoms with Crippen LogP contribution in [0.2, 0.25) is 0 Å². The second-order valence-electron chi connectivity index (χ2n) is 4.88. The molecule has 2 rings (SSSR count). The van der Waals surface area contributed by atoms with Gasteiger partial charge in [0.25, 0.3) is 0 Å². The first kappa shape index (κ1) is 14.0. The summed E-state index contributed by atoms with van der Waals surface area (Å²) < 4.78 is 5.78. The summed E-state index contributed by atoms with van der Waals surface area (Å²) in [5.41, 5.74) is 9.21. The summed E-state index contributed by atoms with van der Waals surface area (Å²) in [5.74, 6) is 0.932. The second kappa shape index (κ2) is 6.17. The normalized spacial score (nSPS) is 12.4. The highest BCUT2D eigenvalue weighted by atomic mass is 32.1. The lowest BCUT2D eigenvalue weighted by Gasteiger charge is -2.07. The molecule has 0 fully saturated rings. The van der Waals surface area contributed by atoms with Gasteiger partial charge in [0.05, 0.1) is 17.3 Å². The number of ether oxygens (including phenoxy) is 1. The molecule has 2 N–H and O–H groups in total. The van der Waals surface area contributed by atoms with Gasteiger partial charge in [-0.05, 0) is 44.0 Å². The van der Waals surface area contributed by atoms with Crippen molar-refractivity contribution in [1.29, 1.82) is 0 Å². The van der Waals surface area contributed by atoms with Crippen molar-refractivity contribution in [2.24, 2.45) is 5.73 Å². The highest BCUT2D eigenvalue weighted by Gasteiger charge is 2.06. The lowest BCUT2D eigenvalue weighted by atomic mass is 10.1. The first-order valence-corrected chi connectivity index (χ1v) is 7.33. The van der Waals surface area contributed by atoms with Crippen LogP contribution in [-0.2, 0) is 6.42 Å². The minimum atomic E-state index is 0.00495. The van der Waals surface area contributed by atoms with Crippen LogP contribution < -0.4 is 10.5 Å². The Balaban J connectivity index is 1.88. The van der Waals surface area contributed by atoms with Gasteiger partial charge in [-0.25, -0.2) is 4.98 Å². The molecular formula is C15H20N2OS. The minimum absolute atomic E-state index is 0.00495. The van der Waals surface area contributed by atoms with E-state index in [9.17, 15) is 0 Å². The van der Waals surface area contributed by atoms with Gasteiger partial charge in [-0.15, -0.1) is 11.3 Å². The van der Waals surface area contributed by atoms with E-state index >= 15 is 0 Å². The van der Waals surface area contributed by atoms with E-state index in [4.69, 9.17) is 10.5 Å². The maximum atomic E-state index is 5.79. The molecule has 0 aliphatic carbocycles. The third-order valence-corrected chi connectivity index (χ3v) is 3.74. The smallest absolute Gasteiger partial charge is 0.119 e. The fraction of sp³-hybridized carbons (Fsp3) is 0.400. The average Bonchev–Trinajstić information content (AvgIpc) is 2.76. The van der Waals surface area contributed by atoms with Crippen LogP contribution >= 0.6 is 11.3 Å². The van der Waals surface area contributed by atoms with Gasteiger partial charge in [-0.3, -0.25) is 0 Å². The van der Waals surface area contributed by atoms with Crippen molar-refractivity contribution in [3.05, 3.63) is 45.4 Å². The Bertz CT molecular complexity index is 529. The van der Waals surface area contributed by atoms with Crippen molar-refractivity contribution >= 4 is 11.3 Å². The molecule has 0 amide bonds. The summed E-state index contributed by atoms with van der Waals surface area (Å²) in [6, 6.07) is 6.26. The van der Waals surface area contributed by atoms with E-state index in [2.05, 4.69) is 37.0 Å². The number of thiazole rings is 1. The summed E-state index contributed by atoms with van der Waals surface area (Å²) in [6.45, 7) is 6.75. The van der Waals surface area contributed by atoms with Crippen LogP contribution in [0.25, 0.3) is 0 Å². The molecule has 0 saturated heterocycles. The van der Waals surface area contributed by atoms with Crippen LogP contribution in [0.1, 0.15) is 34.8 Å². The van der Waals surface area contributed by atoms with Crippen molar-refractivity contribution in [1.82, 2.24) is 4.98 Å². The van der Waals surface area contributed by atoms with Gasteiger partial charge in [0.2, 0.25) is 0 Å². The predicted octanol–water partition coefficient (Wildman–Crippen LogP) is 3.40. The SMILES string of the molecule is Cc1cc(C)cc(OCCc2nc(C(C)N)cs2)c1. The molecule has 0 spiro atoms. The number of rotatable bonds is 5. The van der Waals surface area contributed by atoms with Gasteiger partial charge >= 0.3 is 0 Å². The number of aromatic nitrogens is 1. The average molecular weight is 276 g/mol. The minimum Gasteiger partial charge on any atom is -0.493 e. The first-order chi connectivity index (χ1) is 9.04. The number of nitrogens with zero attached hydrogens (tertiary/aromatic N) is 1. The van der Waals surface area contributed by atoms with E-state index in [1.54, 1.807) is 11.3 Å². The summed E-state index contributed by atoms with van der Waals surface area (Å²) in [5, 5.41) is 3.10. The van der Waals surface area contributed by atoms with Gasteiger partial charge in [0, 0.05) is 17.8 Å². The largest absolute Gasteiger partial charge is 0.493 e. The molecule has 2 aromatic rings. The molecule has 1 aromatic heterocycles. The van der Waals surface area contributed by atoms with E-state index in [0.29, 0.717) is 6.61 Å². The predicted molar refractivity (Wildman–Crippen MR) is 79.8 cm³/mol. The highest BCUT2D eigenvalue weighted by Crippen LogP contribution is 2.18. The fourth-order valence-corrected chi connectivity index (χ4v) is 2.80. The number of hydrogen-bond donors (Lipinski definition) is 1. The van der Waals surface area contributed by atoms with Crippen LogP contribution in [0, 0.1) is 13.8 Å². The zero-order chi connectivity index (χ0) is 13.8. The first-order valence-electron chi connectivity index (χ1n) is 6.45. The molecule has 0 bridgehead atoms. The molecule has 0 saturated carbocycles. The molecule has 4 heteroatoms. The molecule has 1 unspecified atom stereocenters. The zero-order valence-electron chi connectivity index (χ0n) is 11.6. The van der Waals surface area contributed by atoms with Crippen LogP contribution in [-0.4, -0.2) is 11.6 Å². The Kier molecular flexibility index (Phi) is 4.56. The van der Waals surface area contributed by atoms with Gasteiger partial charge < -0.3 is 10.5 Å². The maximum absolute atomic E-state index is 5.79. The molecule has 0 aliphatic heterocycles. The Morgan fingerprint density at radius 2 is 1.95 bits per heavy atom. The molecule has 1 atom stereocenters. The van der Waals surface area contributed by atoms with Gasteiger partial charge in [0.1, 0.15) is 5.75 Å². The van der Waals surface area contributed by atoms with Crippen molar-refractivity contribution in [3.63, 3.8) is 0 Å². The molecule has 1 aromatic carbocycles. The maximum Gasteiger partial charge on any atom is 0.119 e. The molecule has 3 nitrogen and oxygen atoms in total. The van der Waals surface area contributed by atoms with E-state index in [1.807, 2.05) is 12.3 Å². The van der Waals surface area contributed by atoms with Gasteiger partial charge in [-0.2, -0.15) is 0 Å². The van der Waals surface area contributed by atoms with E-state index in [-0.39, 0.29) is 6.04 Å². The standard InChI is InChI=1S/C15H20N2OS/c1-10-6-11(2)8-13(7-10)18-5-4-15-17-14(9-19-15)12(3)16/h6-9,12H,4-5,16H2,1-3H3. The monoisotopic (exact) mass is 276 g/mol. The zero-order valence-corrected chi connectivity index (χ0v) is 12.5. The molecule has 102 valence electrons. The fourth-order valence-electron chi connectivity index (χ4n) is 1.92. The number of hydrogen-bond acceptors (Lipinski definition) is 4. The van der Waals surface area contributed by atoms with Gasteiger partial charge in [-0.1, -0.05) is 6.07 Å². The van der Waals surface area contributed by atoms with Crippen LogP contribution in [0.3, 0.4) is 0 Å². The van der Waals surface area contributed by atoms with Crippen molar-refractivity contribution in [2.45, 2.75) is 33.2 Å². The summed E-state index contributed by atoms with van der Waals surface area (Å²) in [6.07, 6.45) is 0.824. The second-order valence-corrected chi connectivity index (χ2v) is 5.82. The van der Waals surface area contributed by atoms with E-state index < -0.39 is 0 Å². The molecule has 19 heavy (non-hydrogen) atoms. The molecule has 1 heterocycles. The molecule has 0 aliphatic rings. The number of nitrogens with two attached hydrogens (primary N) is 1. The summed E-state index contributed by atoms with van der Waals surface area (Å²) >= 11 is 1.65. The summed E-state index contributed by atoms with van der Waals surface area (Å²) in [4.78, 5) is 4.49. The third-order valence-electron chi connectivity index (χ3n) is 2.82. The molecular weight excluding hydrogens is 256 g/mol. The Morgan fingerprint density at radius 1 is 1.26 bits per heavy atom. The van der Waals surface area contributed by atoms with Crippen LogP contribution in [0.15, 0.2) is 23.6 Å². The molecule has 0 radical (unpaired) electrons. The Morgan fingerprint density at radius 3 is 2.53 bits per heavy atom. The summed E-state index contributed by atoms with van der Waals surface area (Å²) in [7, 11) is 0. The van der Waals surface area contributed by atoms with Crippen LogP contribution in [0.5, 0.6) is 5.75 Å². The van der Waals surface area contributed by atoms with Crippen molar-refractivity contribution in [3.8, 4) is 5.75 Å². The van der Waals surface area contributed by atoms with E-state index in [1.165, 1.54) is 11.1 Å². The Labute approximate surface area is 118 Å². The topological polar surface area (TPSA) is 48.1 Å². The Hall–Kier alpha value is -1.39. The van der Waals surface area contributed by atoms with E-state index in [0.717, 1.165) is 22.9 Å². The quantitative estimate of drug-likeness (QED) is 0.910. The lowest BCUT2D eigenvalue weighted by molar-refractivity contribution is 0.321. The number of benzene rings is 1. The number of aryl methyl sites for hydroxylation is 2. The van der Waals surface area contributed by atoms with Crippen molar-refractivity contribution in [2.75, 3.05) is 6.61 Å². The third kappa shape index (κ3) is 4.04. The lowest BCUT2D eigenvalue weighted by Crippen LogP contribution is -2.06.